The molecular weight excluding hydrogens is 274 g/mol. The fourth-order valence-electron chi connectivity index (χ4n) is 2.13. The molecule has 2 aromatic carbocycles. The van der Waals surface area contributed by atoms with Gasteiger partial charge in [0.15, 0.2) is 17.1 Å². The zero-order chi connectivity index (χ0) is 15.1. The molecule has 1 heterocycles. The third-order valence-corrected chi connectivity index (χ3v) is 3.17. The van der Waals surface area contributed by atoms with Crippen molar-refractivity contribution in [3.05, 3.63) is 47.7 Å². The van der Waals surface area contributed by atoms with Crippen molar-refractivity contribution in [1.29, 1.82) is 0 Å². The quantitative estimate of drug-likeness (QED) is 0.537. The SMILES string of the molecule is Nc1c(C(=O)c2ccc(O)cc2O)oc2c(O)cccc12. The van der Waals surface area contributed by atoms with Crippen molar-refractivity contribution in [2.24, 2.45) is 0 Å². The minimum atomic E-state index is -0.638. The van der Waals surface area contributed by atoms with Crippen LogP contribution in [0.1, 0.15) is 16.1 Å². The Balaban J connectivity index is 2.18. The number of ketones is 1. The molecule has 0 radical (unpaired) electrons. The van der Waals surface area contributed by atoms with Crippen LogP contribution in [0.5, 0.6) is 17.2 Å². The number of para-hydroxylation sites is 1. The number of nitrogens with two attached hydrogens (primary N) is 1. The topological polar surface area (TPSA) is 117 Å². The normalized spacial score (nSPS) is 10.9. The monoisotopic (exact) mass is 285 g/mol. The van der Waals surface area contributed by atoms with Gasteiger partial charge in [0.2, 0.25) is 5.78 Å². The summed E-state index contributed by atoms with van der Waals surface area (Å²) in [6.45, 7) is 0. The van der Waals surface area contributed by atoms with Crippen LogP contribution >= 0.6 is 0 Å². The Bertz CT molecular complexity index is 866. The van der Waals surface area contributed by atoms with Crippen molar-refractivity contribution in [1.82, 2.24) is 0 Å². The molecule has 0 aliphatic heterocycles. The molecule has 0 aliphatic rings. The van der Waals surface area contributed by atoms with E-state index in [4.69, 9.17) is 10.2 Å². The number of hydrogen-bond acceptors (Lipinski definition) is 6. The second-order valence-corrected chi connectivity index (χ2v) is 4.53. The van der Waals surface area contributed by atoms with E-state index in [0.29, 0.717) is 5.39 Å². The second-order valence-electron chi connectivity index (χ2n) is 4.53. The van der Waals surface area contributed by atoms with Crippen molar-refractivity contribution in [2.45, 2.75) is 0 Å². The van der Waals surface area contributed by atoms with Crippen LogP contribution in [0.15, 0.2) is 40.8 Å². The van der Waals surface area contributed by atoms with Crippen LogP contribution in [0.2, 0.25) is 0 Å². The van der Waals surface area contributed by atoms with Gasteiger partial charge in [-0.15, -0.1) is 0 Å². The van der Waals surface area contributed by atoms with E-state index in [1.165, 1.54) is 18.2 Å². The molecule has 0 saturated carbocycles. The summed E-state index contributed by atoms with van der Waals surface area (Å²) >= 11 is 0. The van der Waals surface area contributed by atoms with Crippen molar-refractivity contribution < 1.29 is 24.5 Å². The number of nitrogen functional groups attached to an aromatic ring is 1. The number of hydrogen-bond donors (Lipinski definition) is 4. The lowest BCUT2D eigenvalue weighted by molar-refractivity contribution is 0.101. The Morgan fingerprint density at radius 1 is 1.05 bits per heavy atom. The first-order valence-corrected chi connectivity index (χ1v) is 6.05. The molecular formula is C15H11NO5. The number of rotatable bonds is 2. The lowest BCUT2D eigenvalue weighted by Crippen LogP contribution is -2.03. The van der Waals surface area contributed by atoms with Gasteiger partial charge in [-0.1, -0.05) is 6.07 Å². The van der Waals surface area contributed by atoms with Crippen molar-refractivity contribution >= 4 is 22.4 Å². The van der Waals surface area contributed by atoms with E-state index in [1.807, 2.05) is 0 Å². The van der Waals surface area contributed by atoms with Crippen molar-refractivity contribution in [3.8, 4) is 17.2 Å². The number of carbonyl (C=O) groups is 1. The summed E-state index contributed by atoms with van der Waals surface area (Å²) < 4.78 is 5.33. The Kier molecular flexibility index (Phi) is 2.72. The summed E-state index contributed by atoms with van der Waals surface area (Å²) in [4.78, 5) is 12.4. The number of furan rings is 1. The first kappa shape index (κ1) is 12.9. The molecule has 5 N–H and O–H groups in total. The molecule has 6 nitrogen and oxygen atoms in total. The van der Waals surface area contributed by atoms with Crippen molar-refractivity contribution in [2.75, 3.05) is 5.73 Å². The molecule has 3 rings (SSSR count). The van der Waals surface area contributed by atoms with Crippen LogP contribution in [-0.4, -0.2) is 21.1 Å². The average Bonchev–Trinajstić information content (AvgIpc) is 2.77. The van der Waals surface area contributed by atoms with E-state index in [9.17, 15) is 20.1 Å². The summed E-state index contributed by atoms with van der Waals surface area (Å²) in [5, 5.41) is 29.1. The smallest absolute Gasteiger partial charge is 0.234 e. The average molecular weight is 285 g/mol. The van der Waals surface area contributed by atoms with Gasteiger partial charge in [-0.2, -0.15) is 0 Å². The highest BCUT2D eigenvalue weighted by Crippen LogP contribution is 2.36. The Hall–Kier alpha value is -3.15. The highest BCUT2D eigenvalue weighted by Gasteiger charge is 2.23. The molecule has 6 heteroatoms. The molecule has 106 valence electrons. The van der Waals surface area contributed by atoms with E-state index in [-0.39, 0.29) is 39.8 Å². The molecule has 3 aromatic rings. The van der Waals surface area contributed by atoms with Crippen LogP contribution in [0, 0.1) is 0 Å². The lowest BCUT2D eigenvalue weighted by Gasteiger charge is -2.02. The molecule has 0 fully saturated rings. The molecule has 0 unspecified atom stereocenters. The fourth-order valence-corrected chi connectivity index (χ4v) is 2.13. The summed E-state index contributed by atoms with van der Waals surface area (Å²) in [6, 6.07) is 8.18. The van der Waals surface area contributed by atoms with Gasteiger partial charge in [-0.3, -0.25) is 4.79 Å². The Morgan fingerprint density at radius 3 is 2.48 bits per heavy atom. The van der Waals surface area contributed by atoms with Crippen LogP contribution in [0.25, 0.3) is 11.0 Å². The van der Waals surface area contributed by atoms with Gasteiger partial charge in [0.05, 0.1) is 11.3 Å². The van der Waals surface area contributed by atoms with Crippen molar-refractivity contribution in [3.63, 3.8) is 0 Å². The highest BCUT2D eigenvalue weighted by atomic mass is 16.4. The third kappa shape index (κ3) is 1.93. The molecule has 0 amide bonds. The largest absolute Gasteiger partial charge is 0.508 e. The Morgan fingerprint density at radius 2 is 1.81 bits per heavy atom. The van der Waals surface area contributed by atoms with Crippen LogP contribution in [0.3, 0.4) is 0 Å². The van der Waals surface area contributed by atoms with E-state index < -0.39 is 5.78 Å². The lowest BCUT2D eigenvalue weighted by atomic mass is 10.1. The number of fused-ring (bicyclic) bond motifs is 1. The summed E-state index contributed by atoms with van der Waals surface area (Å²) in [6.07, 6.45) is 0. The number of phenols is 3. The molecule has 0 spiro atoms. The minimum absolute atomic E-state index is 0.0574. The van der Waals surface area contributed by atoms with Crippen LogP contribution < -0.4 is 5.73 Å². The standard InChI is InChI=1S/C15H11NO5/c16-12-9-2-1-3-10(18)14(9)21-15(12)13(20)8-5-4-7(17)6-11(8)19/h1-6,17-19H,16H2. The number of carbonyl (C=O) groups excluding carboxylic acids is 1. The zero-order valence-electron chi connectivity index (χ0n) is 10.7. The van der Waals surface area contributed by atoms with E-state index in [0.717, 1.165) is 6.07 Å². The first-order valence-electron chi connectivity index (χ1n) is 6.05. The summed E-state index contributed by atoms with van der Waals surface area (Å²) in [5.74, 6) is -1.50. The fraction of sp³-hybridized carbons (Fsp3) is 0. The predicted molar refractivity (Wildman–Crippen MR) is 75.5 cm³/mol. The maximum absolute atomic E-state index is 12.4. The van der Waals surface area contributed by atoms with Gasteiger partial charge in [-0.05, 0) is 24.3 Å². The van der Waals surface area contributed by atoms with Crippen LogP contribution in [-0.2, 0) is 0 Å². The van der Waals surface area contributed by atoms with E-state index in [2.05, 4.69) is 0 Å². The molecule has 0 saturated heterocycles. The highest BCUT2D eigenvalue weighted by molar-refractivity contribution is 6.16. The third-order valence-electron chi connectivity index (χ3n) is 3.17. The van der Waals surface area contributed by atoms with Gasteiger partial charge in [0, 0.05) is 11.5 Å². The van der Waals surface area contributed by atoms with E-state index in [1.54, 1.807) is 12.1 Å². The van der Waals surface area contributed by atoms with Gasteiger partial charge in [0.25, 0.3) is 0 Å². The number of phenolic OH excluding ortho intramolecular Hbond substituents is 3. The summed E-state index contributed by atoms with van der Waals surface area (Å²) in [5.41, 5.74) is 6.00. The predicted octanol–water partition coefficient (Wildman–Crippen LogP) is 2.36. The number of anilines is 1. The van der Waals surface area contributed by atoms with Gasteiger partial charge >= 0.3 is 0 Å². The zero-order valence-corrected chi connectivity index (χ0v) is 10.7. The number of aromatic hydroxyl groups is 3. The minimum Gasteiger partial charge on any atom is -0.508 e. The van der Waals surface area contributed by atoms with Gasteiger partial charge < -0.3 is 25.5 Å². The summed E-state index contributed by atoms with van der Waals surface area (Å²) in [7, 11) is 0. The number of benzene rings is 2. The molecule has 21 heavy (non-hydrogen) atoms. The molecule has 1 aromatic heterocycles. The molecule has 0 atom stereocenters. The first-order chi connectivity index (χ1) is 9.99. The second kappa shape index (κ2) is 4.45. The molecule has 0 aliphatic carbocycles. The maximum atomic E-state index is 12.4. The maximum Gasteiger partial charge on any atom is 0.234 e. The van der Waals surface area contributed by atoms with E-state index >= 15 is 0 Å². The van der Waals surface area contributed by atoms with Gasteiger partial charge in [0.1, 0.15) is 11.5 Å². The van der Waals surface area contributed by atoms with Crippen LogP contribution in [0.4, 0.5) is 5.69 Å². The Labute approximate surface area is 118 Å². The van der Waals surface area contributed by atoms with Gasteiger partial charge in [-0.25, -0.2) is 0 Å². The molecule has 0 bridgehead atoms.